The molecule has 0 saturated heterocycles. The first kappa shape index (κ1) is 22.2. The highest BCUT2D eigenvalue weighted by Gasteiger charge is 2.43. The number of aliphatic carboxylic acids is 1. The van der Waals surface area contributed by atoms with Crippen LogP contribution in [0.5, 0.6) is 0 Å². The van der Waals surface area contributed by atoms with Crippen LogP contribution in [0.25, 0.3) is 0 Å². The number of aliphatic hydroxyl groups excluding tert-OH is 2. The van der Waals surface area contributed by atoms with Crippen molar-refractivity contribution in [3.8, 4) is 0 Å². The van der Waals surface area contributed by atoms with Gasteiger partial charge in [0.05, 0.1) is 31.3 Å². The molecule has 28 heavy (non-hydrogen) atoms. The Morgan fingerprint density at radius 3 is 2.75 bits per heavy atom. The molecule has 6 nitrogen and oxygen atoms in total. The molecule has 1 aliphatic carbocycles. The molecule has 0 spiro atoms. The van der Waals surface area contributed by atoms with Crippen molar-refractivity contribution in [1.82, 2.24) is 0 Å². The van der Waals surface area contributed by atoms with Gasteiger partial charge in [-0.1, -0.05) is 12.2 Å². The van der Waals surface area contributed by atoms with E-state index in [1.807, 2.05) is 30.4 Å². The average Bonchev–Trinajstić information content (AvgIpc) is 3.26. The van der Waals surface area contributed by atoms with E-state index in [1.165, 1.54) is 0 Å². The van der Waals surface area contributed by atoms with Crippen LogP contribution >= 0.6 is 0 Å². The number of aryl methyl sites for hydroxylation is 1. The summed E-state index contributed by atoms with van der Waals surface area (Å²) in [7, 11) is 1.61. The molecule has 1 aliphatic rings. The number of ether oxygens (including phenoxy) is 1. The van der Waals surface area contributed by atoms with Crippen molar-refractivity contribution in [1.29, 1.82) is 0 Å². The van der Waals surface area contributed by atoms with Crippen LogP contribution in [0.4, 0.5) is 0 Å². The van der Waals surface area contributed by atoms with E-state index in [2.05, 4.69) is 0 Å². The van der Waals surface area contributed by atoms with Gasteiger partial charge in [-0.2, -0.15) is 0 Å². The molecular formula is C22H32O6. The minimum absolute atomic E-state index is 0.109. The van der Waals surface area contributed by atoms with Crippen LogP contribution in [0.1, 0.15) is 50.7 Å². The quantitative estimate of drug-likeness (QED) is 0.285. The summed E-state index contributed by atoms with van der Waals surface area (Å²) in [5.41, 5.74) is 0. The molecule has 1 saturated carbocycles. The van der Waals surface area contributed by atoms with Crippen LogP contribution < -0.4 is 0 Å². The highest BCUT2D eigenvalue weighted by Crippen LogP contribution is 2.40. The largest absolute Gasteiger partial charge is 0.501 e. The number of unbranched alkanes of at least 4 members (excludes halogenated alkanes) is 2. The average molecular weight is 392 g/mol. The SMILES string of the molecule is COC(=CCCCc1ccco1)C1C(CC=CCCCC(=O)O)[C@H](O)C[C@@H]1O. The fourth-order valence-electron chi connectivity index (χ4n) is 3.87. The van der Waals surface area contributed by atoms with Crippen LogP contribution in [-0.4, -0.2) is 40.6 Å². The predicted molar refractivity (Wildman–Crippen MR) is 106 cm³/mol. The van der Waals surface area contributed by atoms with Gasteiger partial charge in [-0.25, -0.2) is 0 Å². The van der Waals surface area contributed by atoms with Crippen molar-refractivity contribution in [3.63, 3.8) is 0 Å². The van der Waals surface area contributed by atoms with Crippen molar-refractivity contribution in [2.75, 3.05) is 7.11 Å². The molecule has 1 heterocycles. The van der Waals surface area contributed by atoms with Gasteiger partial charge in [-0.15, -0.1) is 0 Å². The summed E-state index contributed by atoms with van der Waals surface area (Å²) < 4.78 is 10.9. The lowest BCUT2D eigenvalue weighted by atomic mass is 9.88. The maximum atomic E-state index is 10.5. The molecule has 3 N–H and O–H groups in total. The standard InChI is InChI=1S/C22H32O6/c1-27-20(12-7-6-9-16-10-8-14-28-16)22-17(18(23)15-19(22)24)11-4-2-3-5-13-21(25)26/h2,4,8,10,12,14,17-19,22-24H,3,5-7,9,11,13,15H2,1H3,(H,25,26)/t17?,18-,19+,22?/m1/s1. The number of hydrogen-bond donors (Lipinski definition) is 3. The lowest BCUT2D eigenvalue weighted by molar-refractivity contribution is -0.137. The summed E-state index contributed by atoms with van der Waals surface area (Å²) in [6.45, 7) is 0. The molecule has 156 valence electrons. The summed E-state index contributed by atoms with van der Waals surface area (Å²) in [6.07, 6.45) is 11.4. The van der Waals surface area contributed by atoms with Gasteiger partial charge in [0.2, 0.25) is 0 Å². The molecule has 2 rings (SSSR count). The Morgan fingerprint density at radius 1 is 1.25 bits per heavy atom. The van der Waals surface area contributed by atoms with Gasteiger partial charge >= 0.3 is 5.97 Å². The highest BCUT2D eigenvalue weighted by molar-refractivity contribution is 5.66. The molecule has 4 atom stereocenters. The monoisotopic (exact) mass is 392 g/mol. The molecule has 0 radical (unpaired) electrons. The number of aliphatic hydroxyl groups is 2. The number of methoxy groups -OCH3 is 1. The van der Waals surface area contributed by atoms with Gasteiger partial charge < -0.3 is 24.5 Å². The number of carboxylic acid groups (broad SMARTS) is 1. The topological polar surface area (TPSA) is 100 Å². The number of carbonyl (C=O) groups is 1. The maximum absolute atomic E-state index is 10.5. The first-order chi connectivity index (χ1) is 13.5. The Kier molecular flexibility index (Phi) is 9.31. The molecule has 1 aromatic rings. The van der Waals surface area contributed by atoms with Crippen LogP contribution in [0, 0.1) is 11.8 Å². The highest BCUT2D eigenvalue weighted by atomic mass is 16.5. The number of carboxylic acids is 1. The van der Waals surface area contributed by atoms with E-state index in [0.29, 0.717) is 25.7 Å². The third-order valence-electron chi connectivity index (χ3n) is 5.31. The minimum Gasteiger partial charge on any atom is -0.501 e. The zero-order chi connectivity index (χ0) is 20.4. The Balaban J connectivity index is 1.89. The molecule has 1 fully saturated rings. The fraction of sp³-hybridized carbons (Fsp3) is 0.591. The molecule has 2 unspecified atom stereocenters. The van der Waals surface area contributed by atoms with Gasteiger partial charge in [0.15, 0.2) is 0 Å². The molecule has 0 bridgehead atoms. The van der Waals surface area contributed by atoms with Crippen molar-refractivity contribution in [3.05, 3.63) is 48.1 Å². The summed E-state index contributed by atoms with van der Waals surface area (Å²) in [4.78, 5) is 10.5. The van der Waals surface area contributed by atoms with Gasteiger partial charge in [0.1, 0.15) is 5.76 Å². The van der Waals surface area contributed by atoms with E-state index in [9.17, 15) is 15.0 Å². The first-order valence-electron chi connectivity index (χ1n) is 10.0. The summed E-state index contributed by atoms with van der Waals surface area (Å²) in [5, 5.41) is 29.5. The zero-order valence-electron chi connectivity index (χ0n) is 16.5. The van der Waals surface area contributed by atoms with Crippen LogP contribution in [0.3, 0.4) is 0 Å². The Labute approximate surface area is 166 Å². The Hall–Kier alpha value is -2.05. The molecule has 0 amide bonds. The zero-order valence-corrected chi connectivity index (χ0v) is 16.5. The van der Waals surface area contributed by atoms with Crippen molar-refractivity contribution < 1.29 is 29.3 Å². The molecule has 6 heteroatoms. The Morgan fingerprint density at radius 2 is 2.07 bits per heavy atom. The van der Waals surface area contributed by atoms with Gasteiger partial charge in [0, 0.05) is 31.1 Å². The smallest absolute Gasteiger partial charge is 0.303 e. The number of hydrogen-bond acceptors (Lipinski definition) is 5. The summed E-state index contributed by atoms with van der Waals surface area (Å²) >= 11 is 0. The summed E-state index contributed by atoms with van der Waals surface area (Å²) in [5.74, 6) is 0.557. The lowest BCUT2D eigenvalue weighted by Gasteiger charge is -2.24. The minimum atomic E-state index is -0.787. The predicted octanol–water partition coefficient (Wildman–Crippen LogP) is 3.69. The second-order valence-corrected chi connectivity index (χ2v) is 7.34. The normalized spacial score (nSPS) is 25.5. The third-order valence-corrected chi connectivity index (χ3v) is 5.31. The van der Waals surface area contributed by atoms with E-state index >= 15 is 0 Å². The molecular weight excluding hydrogens is 360 g/mol. The van der Waals surface area contributed by atoms with Gasteiger partial charge in [-0.05, 0) is 50.3 Å². The van der Waals surface area contributed by atoms with E-state index in [4.69, 9.17) is 14.3 Å². The summed E-state index contributed by atoms with van der Waals surface area (Å²) in [6, 6.07) is 3.83. The van der Waals surface area contributed by atoms with E-state index in [-0.39, 0.29) is 18.3 Å². The van der Waals surface area contributed by atoms with Crippen LogP contribution in [-0.2, 0) is 16.0 Å². The second kappa shape index (κ2) is 11.7. The third kappa shape index (κ3) is 6.84. The van der Waals surface area contributed by atoms with Crippen molar-refractivity contribution >= 4 is 5.97 Å². The fourth-order valence-corrected chi connectivity index (χ4v) is 3.87. The van der Waals surface area contributed by atoms with Crippen molar-refractivity contribution in [2.45, 2.75) is 63.6 Å². The van der Waals surface area contributed by atoms with Crippen LogP contribution in [0.15, 0.2) is 46.8 Å². The van der Waals surface area contributed by atoms with E-state index in [0.717, 1.165) is 30.8 Å². The number of furan rings is 1. The maximum Gasteiger partial charge on any atom is 0.303 e. The first-order valence-corrected chi connectivity index (χ1v) is 10.0. The lowest BCUT2D eigenvalue weighted by Crippen LogP contribution is -2.24. The Bertz CT molecular complexity index is 633. The van der Waals surface area contributed by atoms with Gasteiger partial charge in [0.25, 0.3) is 0 Å². The van der Waals surface area contributed by atoms with Crippen molar-refractivity contribution in [2.24, 2.45) is 11.8 Å². The van der Waals surface area contributed by atoms with Gasteiger partial charge in [-0.3, -0.25) is 4.79 Å². The van der Waals surface area contributed by atoms with E-state index in [1.54, 1.807) is 13.4 Å². The van der Waals surface area contributed by atoms with Crippen LogP contribution in [0.2, 0.25) is 0 Å². The molecule has 0 aromatic carbocycles. The van der Waals surface area contributed by atoms with E-state index < -0.39 is 18.2 Å². The second-order valence-electron chi connectivity index (χ2n) is 7.34. The molecule has 1 aromatic heterocycles. The number of allylic oxidation sites excluding steroid dienone is 3. The number of rotatable bonds is 12. The molecule has 0 aliphatic heterocycles.